The van der Waals surface area contributed by atoms with E-state index in [1.807, 2.05) is 32.4 Å². The van der Waals surface area contributed by atoms with Crippen molar-refractivity contribution in [1.29, 1.82) is 0 Å². The molecule has 8 heteroatoms. The van der Waals surface area contributed by atoms with Crippen molar-refractivity contribution < 1.29 is 9.13 Å². The minimum absolute atomic E-state index is 0.290. The number of halogens is 1. The van der Waals surface area contributed by atoms with Crippen LogP contribution in [0.3, 0.4) is 0 Å². The van der Waals surface area contributed by atoms with E-state index < -0.39 is 0 Å². The number of unbranched alkanes of at least 4 members (excludes halogenated alkanes) is 1. The lowest BCUT2D eigenvalue weighted by atomic mass is 10.2. The molecule has 0 unspecified atom stereocenters. The number of guanidine groups is 1. The number of nitrogens with zero attached hydrogens (tertiary/aromatic N) is 5. The zero-order chi connectivity index (χ0) is 21.3. The molecule has 0 bridgehead atoms. The van der Waals surface area contributed by atoms with Crippen LogP contribution >= 0.6 is 0 Å². The number of rotatable bonds is 8. The van der Waals surface area contributed by atoms with Gasteiger partial charge in [-0.15, -0.1) is 0 Å². The van der Waals surface area contributed by atoms with E-state index in [0.29, 0.717) is 5.75 Å². The number of aryl methyl sites for hydroxylation is 2. The van der Waals surface area contributed by atoms with Gasteiger partial charge in [0.05, 0.1) is 7.11 Å². The summed E-state index contributed by atoms with van der Waals surface area (Å²) in [6, 6.07) is 5.19. The van der Waals surface area contributed by atoms with Crippen LogP contribution in [0, 0.1) is 12.7 Å². The van der Waals surface area contributed by atoms with Crippen LogP contribution in [0.25, 0.3) is 0 Å². The number of hydrogen-bond acceptors (Lipinski definition) is 4. The number of methoxy groups -OCH3 is 1. The Morgan fingerprint density at radius 3 is 2.67 bits per heavy atom. The Morgan fingerprint density at radius 1 is 1.23 bits per heavy atom. The van der Waals surface area contributed by atoms with E-state index in [4.69, 9.17) is 4.74 Å². The number of aliphatic imine (C=N–C) groups is 1. The molecule has 1 aromatic carbocycles. The lowest BCUT2D eigenvalue weighted by molar-refractivity contribution is 0.172. The molecule has 2 heterocycles. The molecule has 1 N–H and O–H groups in total. The highest BCUT2D eigenvalue weighted by Crippen LogP contribution is 2.19. The lowest BCUT2D eigenvalue weighted by Gasteiger charge is -2.36. The van der Waals surface area contributed by atoms with Gasteiger partial charge in [0.2, 0.25) is 0 Å². The van der Waals surface area contributed by atoms with Gasteiger partial charge in [-0.3, -0.25) is 9.89 Å². The van der Waals surface area contributed by atoms with E-state index in [0.717, 1.165) is 76.0 Å². The molecule has 1 aliphatic rings. The van der Waals surface area contributed by atoms with Crippen LogP contribution in [0.5, 0.6) is 5.75 Å². The molecule has 0 radical (unpaired) electrons. The van der Waals surface area contributed by atoms with E-state index in [1.165, 1.54) is 7.11 Å². The van der Waals surface area contributed by atoms with Gasteiger partial charge in [-0.1, -0.05) is 6.07 Å². The van der Waals surface area contributed by atoms with Crippen LogP contribution < -0.4 is 10.1 Å². The van der Waals surface area contributed by atoms with Gasteiger partial charge in [-0.25, -0.2) is 9.37 Å². The van der Waals surface area contributed by atoms with Crippen molar-refractivity contribution in [2.45, 2.75) is 32.9 Å². The van der Waals surface area contributed by atoms with Gasteiger partial charge >= 0.3 is 0 Å². The third-order valence-corrected chi connectivity index (χ3v) is 5.54. The second-order valence-corrected chi connectivity index (χ2v) is 7.58. The van der Waals surface area contributed by atoms with E-state index in [2.05, 4.69) is 29.7 Å². The van der Waals surface area contributed by atoms with E-state index >= 15 is 0 Å². The van der Waals surface area contributed by atoms with Gasteiger partial charge in [0.15, 0.2) is 17.5 Å². The maximum atomic E-state index is 13.9. The molecule has 1 saturated heterocycles. The highest BCUT2D eigenvalue weighted by Gasteiger charge is 2.19. The van der Waals surface area contributed by atoms with Gasteiger partial charge < -0.3 is 19.5 Å². The first-order valence-electron chi connectivity index (χ1n) is 10.6. The second-order valence-electron chi connectivity index (χ2n) is 7.58. The quantitative estimate of drug-likeness (QED) is 0.407. The number of imidazole rings is 1. The van der Waals surface area contributed by atoms with Crippen LogP contribution in [-0.4, -0.2) is 72.2 Å². The predicted octanol–water partition coefficient (Wildman–Crippen LogP) is 2.51. The maximum absolute atomic E-state index is 13.9. The molecular weight excluding hydrogens is 383 g/mol. The van der Waals surface area contributed by atoms with Gasteiger partial charge in [0.25, 0.3) is 0 Å². The number of benzene rings is 1. The first-order chi connectivity index (χ1) is 14.6. The molecule has 164 valence electrons. The fraction of sp³-hybridized carbons (Fsp3) is 0.545. The number of piperazine rings is 1. The summed E-state index contributed by atoms with van der Waals surface area (Å²) in [7, 11) is 3.32. The average Bonchev–Trinajstić information content (AvgIpc) is 3.16. The number of aromatic nitrogens is 2. The zero-order valence-electron chi connectivity index (χ0n) is 18.3. The van der Waals surface area contributed by atoms with Crippen molar-refractivity contribution in [3.8, 4) is 5.75 Å². The predicted molar refractivity (Wildman–Crippen MR) is 117 cm³/mol. The smallest absolute Gasteiger partial charge is 0.193 e. The Morgan fingerprint density at radius 2 is 2.03 bits per heavy atom. The number of nitrogens with one attached hydrogen (secondary N) is 1. The van der Waals surface area contributed by atoms with Crippen molar-refractivity contribution in [2.75, 3.05) is 46.9 Å². The van der Waals surface area contributed by atoms with Crippen molar-refractivity contribution >= 4 is 5.96 Å². The van der Waals surface area contributed by atoms with Crippen LogP contribution in [0.15, 0.2) is 35.6 Å². The molecule has 30 heavy (non-hydrogen) atoms. The van der Waals surface area contributed by atoms with Gasteiger partial charge in [0, 0.05) is 65.3 Å². The molecule has 0 spiro atoms. The molecule has 1 aliphatic heterocycles. The second kappa shape index (κ2) is 11.0. The Labute approximate surface area is 178 Å². The van der Waals surface area contributed by atoms with E-state index in [1.54, 1.807) is 12.1 Å². The SMILES string of the molecule is CN=C(NCCCCn1ccnc1C)N1CCN(Cc2ccc(OC)c(F)c2)CC1. The fourth-order valence-corrected chi connectivity index (χ4v) is 3.76. The molecule has 3 rings (SSSR count). The summed E-state index contributed by atoms with van der Waals surface area (Å²) in [5.41, 5.74) is 0.970. The molecule has 1 aromatic heterocycles. The Hall–Kier alpha value is -2.61. The molecule has 7 nitrogen and oxygen atoms in total. The van der Waals surface area contributed by atoms with Gasteiger partial charge in [0.1, 0.15) is 5.82 Å². The average molecular weight is 417 g/mol. The van der Waals surface area contributed by atoms with Crippen molar-refractivity contribution in [3.05, 3.63) is 47.8 Å². The van der Waals surface area contributed by atoms with Crippen molar-refractivity contribution in [3.63, 3.8) is 0 Å². The zero-order valence-corrected chi connectivity index (χ0v) is 18.3. The highest BCUT2D eigenvalue weighted by molar-refractivity contribution is 5.79. The number of hydrogen-bond donors (Lipinski definition) is 1. The summed E-state index contributed by atoms with van der Waals surface area (Å²) in [5, 5.41) is 3.49. The third kappa shape index (κ3) is 5.95. The highest BCUT2D eigenvalue weighted by atomic mass is 19.1. The van der Waals surface area contributed by atoms with Crippen LogP contribution in [0.2, 0.25) is 0 Å². The lowest BCUT2D eigenvalue weighted by Crippen LogP contribution is -2.52. The van der Waals surface area contributed by atoms with Crippen LogP contribution in [0.4, 0.5) is 4.39 Å². The summed E-state index contributed by atoms with van der Waals surface area (Å²) in [6.45, 7) is 8.35. The molecule has 0 aliphatic carbocycles. The van der Waals surface area contributed by atoms with Crippen LogP contribution in [0.1, 0.15) is 24.2 Å². The molecule has 1 fully saturated rings. The van der Waals surface area contributed by atoms with Crippen molar-refractivity contribution in [1.82, 2.24) is 24.7 Å². The third-order valence-electron chi connectivity index (χ3n) is 5.54. The summed E-state index contributed by atoms with van der Waals surface area (Å²) in [5.74, 6) is 2.01. The standard InChI is InChI=1S/C22H33FN6O/c1-18-25-9-11-28(18)10-5-4-8-26-22(24-2)29-14-12-27(13-15-29)17-19-6-7-21(30-3)20(23)16-19/h6-7,9,11,16H,4-5,8,10,12-15,17H2,1-3H3,(H,24,26). The fourth-order valence-electron chi connectivity index (χ4n) is 3.76. The van der Waals surface area contributed by atoms with Gasteiger partial charge in [-0.05, 0) is 37.5 Å². The minimum atomic E-state index is -0.304. The summed E-state index contributed by atoms with van der Waals surface area (Å²) < 4.78 is 21.1. The van der Waals surface area contributed by atoms with Crippen molar-refractivity contribution in [2.24, 2.45) is 4.99 Å². The first-order valence-corrected chi connectivity index (χ1v) is 10.6. The Balaban J connectivity index is 1.37. The first kappa shape index (κ1) is 22.1. The monoisotopic (exact) mass is 416 g/mol. The Bertz CT molecular complexity index is 829. The molecule has 2 aromatic rings. The Kier molecular flexibility index (Phi) is 8.07. The van der Waals surface area contributed by atoms with Crippen LogP contribution in [-0.2, 0) is 13.1 Å². The topological polar surface area (TPSA) is 57.9 Å². The maximum Gasteiger partial charge on any atom is 0.193 e. The summed E-state index contributed by atoms with van der Waals surface area (Å²) in [4.78, 5) is 13.3. The minimum Gasteiger partial charge on any atom is -0.494 e. The normalized spacial score (nSPS) is 15.5. The summed E-state index contributed by atoms with van der Waals surface area (Å²) >= 11 is 0. The largest absolute Gasteiger partial charge is 0.494 e. The molecule has 0 amide bonds. The van der Waals surface area contributed by atoms with E-state index in [9.17, 15) is 4.39 Å². The van der Waals surface area contributed by atoms with E-state index in [-0.39, 0.29) is 5.82 Å². The summed E-state index contributed by atoms with van der Waals surface area (Å²) in [6.07, 6.45) is 6.06. The molecular formula is C22H33FN6O. The molecule has 0 saturated carbocycles. The van der Waals surface area contributed by atoms with Gasteiger partial charge in [-0.2, -0.15) is 0 Å². The number of ether oxygens (including phenoxy) is 1. The molecule has 0 atom stereocenters.